The summed E-state index contributed by atoms with van der Waals surface area (Å²) in [6.07, 6.45) is 4.92. The molecule has 0 saturated carbocycles. The molecule has 1 saturated heterocycles. The van der Waals surface area contributed by atoms with E-state index in [4.69, 9.17) is 21.1 Å². The fraction of sp³-hybridized carbons (Fsp3) is 0.333. The summed E-state index contributed by atoms with van der Waals surface area (Å²) in [5, 5.41) is 3.98. The zero-order valence-electron chi connectivity index (χ0n) is 15.4. The monoisotopic (exact) mass is 399 g/mol. The van der Waals surface area contributed by atoms with Crippen LogP contribution in [0.4, 0.5) is 0 Å². The minimum Gasteiger partial charge on any atom is -0.493 e. The second-order valence-corrected chi connectivity index (χ2v) is 7.45. The average molecular weight is 400 g/mol. The normalized spacial score (nSPS) is 16.8. The molecule has 4 rings (SSSR count). The van der Waals surface area contributed by atoms with Gasteiger partial charge in [-0.25, -0.2) is 0 Å². The first-order chi connectivity index (χ1) is 13.7. The molecule has 0 aliphatic carbocycles. The molecule has 3 heterocycles. The first kappa shape index (κ1) is 18.8. The van der Waals surface area contributed by atoms with Gasteiger partial charge in [0.25, 0.3) is 5.56 Å². The first-order valence-corrected chi connectivity index (χ1v) is 9.75. The second-order valence-electron chi connectivity index (χ2n) is 6.96. The Labute approximate surface area is 168 Å². The van der Waals surface area contributed by atoms with Crippen LogP contribution in [0.15, 0.2) is 63.6 Å². The van der Waals surface area contributed by atoms with Gasteiger partial charge in [-0.1, -0.05) is 11.6 Å². The van der Waals surface area contributed by atoms with Crippen molar-refractivity contribution in [2.24, 2.45) is 10.9 Å². The van der Waals surface area contributed by atoms with Crippen LogP contribution in [0.2, 0.25) is 0 Å². The van der Waals surface area contributed by atoms with Gasteiger partial charge >= 0.3 is 0 Å². The Morgan fingerprint density at radius 3 is 2.57 bits per heavy atom. The first-order valence-electron chi connectivity index (χ1n) is 9.37. The summed E-state index contributed by atoms with van der Waals surface area (Å²) in [7, 11) is 0. The number of aliphatic imine (C=N–C) groups is 1. The SMILES string of the molecule is O=c1cc(OCC2=NC=C(Cl)CC2)ccn1-c1ccc(OCC2CNC2)cc1. The second kappa shape index (κ2) is 8.63. The zero-order valence-corrected chi connectivity index (χ0v) is 16.2. The molecule has 1 aromatic carbocycles. The van der Waals surface area contributed by atoms with Crippen molar-refractivity contribution in [3.8, 4) is 17.2 Å². The van der Waals surface area contributed by atoms with Gasteiger partial charge < -0.3 is 14.8 Å². The van der Waals surface area contributed by atoms with E-state index in [2.05, 4.69) is 10.3 Å². The fourth-order valence-corrected chi connectivity index (χ4v) is 3.12. The van der Waals surface area contributed by atoms with E-state index in [0.717, 1.165) is 48.1 Å². The highest BCUT2D eigenvalue weighted by Crippen LogP contribution is 2.18. The molecule has 1 fully saturated rings. The van der Waals surface area contributed by atoms with Gasteiger partial charge in [0.05, 0.1) is 12.3 Å². The van der Waals surface area contributed by atoms with Gasteiger partial charge in [0.2, 0.25) is 0 Å². The van der Waals surface area contributed by atoms with E-state index in [1.165, 1.54) is 6.07 Å². The van der Waals surface area contributed by atoms with Crippen LogP contribution in [0, 0.1) is 5.92 Å². The van der Waals surface area contributed by atoms with Crippen LogP contribution in [-0.4, -0.2) is 36.6 Å². The summed E-state index contributed by atoms with van der Waals surface area (Å²) in [6.45, 7) is 3.09. The summed E-state index contributed by atoms with van der Waals surface area (Å²) in [5.74, 6) is 1.92. The zero-order chi connectivity index (χ0) is 19.3. The molecule has 0 unspecified atom stereocenters. The van der Waals surface area contributed by atoms with Crippen LogP contribution in [-0.2, 0) is 0 Å². The Morgan fingerprint density at radius 2 is 1.93 bits per heavy atom. The largest absolute Gasteiger partial charge is 0.493 e. The number of halogens is 1. The number of rotatable bonds is 7. The Bertz CT molecular complexity index is 946. The maximum atomic E-state index is 12.5. The van der Waals surface area contributed by atoms with Crippen molar-refractivity contribution in [2.45, 2.75) is 12.8 Å². The van der Waals surface area contributed by atoms with Gasteiger partial charge in [0, 0.05) is 48.2 Å². The van der Waals surface area contributed by atoms with E-state index in [1.54, 1.807) is 23.0 Å². The third kappa shape index (κ3) is 4.64. The highest BCUT2D eigenvalue weighted by molar-refractivity contribution is 6.29. The summed E-state index contributed by atoms with van der Waals surface area (Å²) in [4.78, 5) is 16.7. The topological polar surface area (TPSA) is 64.8 Å². The van der Waals surface area contributed by atoms with Gasteiger partial charge in [-0.15, -0.1) is 0 Å². The number of aromatic nitrogens is 1. The predicted octanol–water partition coefficient (Wildman–Crippen LogP) is 3.13. The lowest BCUT2D eigenvalue weighted by atomic mass is 10.1. The van der Waals surface area contributed by atoms with Crippen molar-refractivity contribution in [1.29, 1.82) is 0 Å². The molecule has 2 aromatic rings. The van der Waals surface area contributed by atoms with Gasteiger partial charge in [-0.3, -0.25) is 14.4 Å². The summed E-state index contributed by atoms with van der Waals surface area (Å²) in [6, 6.07) is 10.8. The van der Waals surface area contributed by atoms with E-state index >= 15 is 0 Å². The molecule has 0 spiro atoms. The molecule has 28 heavy (non-hydrogen) atoms. The standard InChI is InChI=1S/C21H22ClN3O3/c22-16-1-2-17(24-12-16)14-28-20-7-8-25(21(26)9-20)18-3-5-19(6-4-18)27-13-15-10-23-11-15/h3-9,12,15,23H,1-2,10-11,13-14H2. The van der Waals surface area contributed by atoms with Crippen molar-refractivity contribution in [3.63, 3.8) is 0 Å². The molecule has 2 aliphatic rings. The predicted molar refractivity (Wildman–Crippen MR) is 110 cm³/mol. The van der Waals surface area contributed by atoms with Gasteiger partial charge in [-0.2, -0.15) is 0 Å². The molecular formula is C21H22ClN3O3. The Hall–Kier alpha value is -2.57. The molecular weight excluding hydrogens is 378 g/mol. The third-order valence-corrected chi connectivity index (χ3v) is 5.09. The third-order valence-electron chi connectivity index (χ3n) is 4.80. The van der Waals surface area contributed by atoms with Crippen molar-refractivity contribution in [1.82, 2.24) is 9.88 Å². The van der Waals surface area contributed by atoms with Crippen LogP contribution >= 0.6 is 11.6 Å². The summed E-state index contributed by atoms with van der Waals surface area (Å²) >= 11 is 5.90. The highest BCUT2D eigenvalue weighted by atomic mass is 35.5. The highest BCUT2D eigenvalue weighted by Gasteiger charge is 2.17. The van der Waals surface area contributed by atoms with Crippen LogP contribution in [0.3, 0.4) is 0 Å². The van der Waals surface area contributed by atoms with E-state index in [1.807, 2.05) is 24.3 Å². The number of hydrogen-bond donors (Lipinski definition) is 1. The molecule has 7 heteroatoms. The molecule has 2 aliphatic heterocycles. The number of ether oxygens (including phenoxy) is 2. The van der Waals surface area contributed by atoms with Crippen molar-refractivity contribution in [3.05, 3.63) is 64.2 Å². The van der Waals surface area contributed by atoms with Crippen LogP contribution < -0.4 is 20.3 Å². The maximum absolute atomic E-state index is 12.5. The Morgan fingerprint density at radius 1 is 1.11 bits per heavy atom. The lowest BCUT2D eigenvalue weighted by Gasteiger charge is -2.26. The molecule has 1 aromatic heterocycles. The summed E-state index contributed by atoms with van der Waals surface area (Å²) in [5.41, 5.74) is 1.55. The summed E-state index contributed by atoms with van der Waals surface area (Å²) < 4.78 is 13.1. The molecule has 0 amide bonds. The van der Waals surface area contributed by atoms with E-state index in [9.17, 15) is 4.79 Å². The van der Waals surface area contributed by atoms with Crippen LogP contribution in [0.25, 0.3) is 5.69 Å². The number of nitrogens with one attached hydrogen (secondary N) is 1. The molecule has 0 radical (unpaired) electrons. The van der Waals surface area contributed by atoms with Gasteiger partial charge in [-0.05, 0) is 43.2 Å². The molecule has 1 N–H and O–H groups in total. The van der Waals surface area contributed by atoms with Crippen molar-refractivity contribution in [2.75, 3.05) is 26.3 Å². The molecule has 0 atom stereocenters. The molecule has 0 bridgehead atoms. The number of nitrogens with zero attached hydrogens (tertiary/aromatic N) is 2. The minimum absolute atomic E-state index is 0.153. The number of benzene rings is 1. The average Bonchev–Trinajstić information content (AvgIpc) is 2.67. The van der Waals surface area contributed by atoms with Crippen LogP contribution in [0.5, 0.6) is 11.5 Å². The van der Waals surface area contributed by atoms with Gasteiger partial charge in [0.15, 0.2) is 0 Å². The lowest BCUT2D eigenvalue weighted by molar-refractivity contribution is 0.199. The van der Waals surface area contributed by atoms with Crippen molar-refractivity contribution >= 4 is 17.3 Å². The Balaban J connectivity index is 1.37. The fourth-order valence-electron chi connectivity index (χ4n) is 2.98. The number of hydrogen-bond acceptors (Lipinski definition) is 5. The quantitative estimate of drug-likeness (QED) is 0.776. The maximum Gasteiger partial charge on any atom is 0.258 e. The molecule has 6 nitrogen and oxygen atoms in total. The van der Waals surface area contributed by atoms with Crippen molar-refractivity contribution < 1.29 is 9.47 Å². The minimum atomic E-state index is -0.153. The lowest BCUT2D eigenvalue weighted by Crippen LogP contribution is -2.45. The number of pyridine rings is 1. The smallest absolute Gasteiger partial charge is 0.258 e. The number of allylic oxidation sites excluding steroid dienone is 1. The van der Waals surface area contributed by atoms with E-state index in [0.29, 0.717) is 24.9 Å². The van der Waals surface area contributed by atoms with Gasteiger partial charge in [0.1, 0.15) is 18.1 Å². The van der Waals surface area contributed by atoms with E-state index < -0.39 is 0 Å². The Kier molecular flexibility index (Phi) is 5.78. The van der Waals surface area contributed by atoms with Crippen LogP contribution in [0.1, 0.15) is 12.8 Å². The van der Waals surface area contributed by atoms with E-state index in [-0.39, 0.29) is 5.56 Å². The molecule has 146 valence electrons.